The zero-order chi connectivity index (χ0) is 11.6. The predicted molar refractivity (Wildman–Crippen MR) is 54.8 cm³/mol. The molecule has 0 bridgehead atoms. The van der Waals surface area contributed by atoms with Crippen LogP contribution < -0.4 is 4.74 Å². The summed E-state index contributed by atoms with van der Waals surface area (Å²) >= 11 is 10.9. The van der Waals surface area contributed by atoms with E-state index in [4.69, 9.17) is 27.9 Å². The highest BCUT2D eigenvalue weighted by molar-refractivity contribution is 6.68. The van der Waals surface area contributed by atoms with Crippen molar-refractivity contribution in [1.82, 2.24) is 0 Å². The SMILES string of the molecule is COc1c(Cl)ccc([N+](=O)[O-])c1C(=O)Cl. The Kier molecular flexibility index (Phi) is 3.49. The van der Waals surface area contributed by atoms with Crippen LogP contribution in [0.25, 0.3) is 0 Å². The third-order valence-electron chi connectivity index (χ3n) is 1.69. The van der Waals surface area contributed by atoms with Crippen molar-refractivity contribution in [2.75, 3.05) is 7.11 Å². The van der Waals surface area contributed by atoms with Crippen LogP contribution in [0.4, 0.5) is 5.69 Å². The molecular formula is C8H5Cl2NO4. The van der Waals surface area contributed by atoms with Crippen LogP contribution in [0.15, 0.2) is 12.1 Å². The first-order valence-corrected chi connectivity index (χ1v) is 4.45. The molecule has 0 aliphatic heterocycles. The molecule has 0 atom stereocenters. The van der Waals surface area contributed by atoms with Crippen LogP contribution in [0.1, 0.15) is 10.4 Å². The van der Waals surface area contributed by atoms with Crippen LogP contribution >= 0.6 is 23.2 Å². The van der Waals surface area contributed by atoms with Gasteiger partial charge in [0.2, 0.25) is 0 Å². The Morgan fingerprint density at radius 1 is 1.53 bits per heavy atom. The van der Waals surface area contributed by atoms with E-state index in [1.807, 2.05) is 0 Å². The molecule has 5 nitrogen and oxygen atoms in total. The van der Waals surface area contributed by atoms with Crippen molar-refractivity contribution in [1.29, 1.82) is 0 Å². The number of benzene rings is 1. The van der Waals surface area contributed by atoms with E-state index >= 15 is 0 Å². The fourth-order valence-electron chi connectivity index (χ4n) is 1.09. The van der Waals surface area contributed by atoms with Gasteiger partial charge in [0, 0.05) is 6.07 Å². The van der Waals surface area contributed by atoms with Crippen molar-refractivity contribution in [2.45, 2.75) is 0 Å². The summed E-state index contributed by atoms with van der Waals surface area (Å²) in [5.41, 5.74) is -0.770. The second-order valence-corrected chi connectivity index (χ2v) is 3.26. The van der Waals surface area contributed by atoms with Crippen LogP contribution in [-0.2, 0) is 0 Å². The Balaban J connectivity index is 3.56. The van der Waals surface area contributed by atoms with Gasteiger partial charge in [-0.15, -0.1) is 0 Å². The number of methoxy groups -OCH3 is 1. The largest absolute Gasteiger partial charge is 0.494 e. The molecule has 15 heavy (non-hydrogen) atoms. The van der Waals surface area contributed by atoms with E-state index in [1.165, 1.54) is 13.2 Å². The molecule has 7 heteroatoms. The summed E-state index contributed by atoms with van der Waals surface area (Å²) in [5.74, 6) is -0.0918. The number of nitrogens with zero attached hydrogens (tertiary/aromatic N) is 1. The van der Waals surface area contributed by atoms with Crippen LogP contribution in [-0.4, -0.2) is 17.3 Å². The number of ether oxygens (including phenoxy) is 1. The molecule has 0 aromatic heterocycles. The first-order valence-electron chi connectivity index (χ1n) is 3.69. The van der Waals surface area contributed by atoms with E-state index in [-0.39, 0.29) is 16.3 Å². The van der Waals surface area contributed by atoms with E-state index < -0.39 is 15.9 Å². The van der Waals surface area contributed by atoms with Crippen molar-refractivity contribution < 1.29 is 14.5 Å². The lowest BCUT2D eigenvalue weighted by Gasteiger charge is -2.06. The minimum atomic E-state index is -0.985. The van der Waals surface area contributed by atoms with Gasteiger partial charge >= 0.3 is 0 Å². The van der Waals surface area contributed by atoms with Gasteiger partial charge in [0.25, 0.3) is 10.9 Å². The molecule has 1 aromatic rings. The quantitative estimate of drug-likeness (QED) is 0.469. The van der Waals surface area contributed by atoms with Crippen LogP contribution in [0.5, 0.6) is 5.75 Å². The maximum Gasteiger partial charge on any atom is 0.285 e. The number of rotatable bonds is 3. The molecule has 1 rings (SSSR count). The number of nitro groups is 1. The molecular weight excluding hydrogens is 245 g/mol. The van der Waals surface area contributed by atoms with Crippen LogP contribution in [0.3, 0.4) is 0 Å². The van der Waals surface area contributed by atoms with Crippen molar-refractivity contribution in [3.8, 4) is 5.75 Å². The smallest absolute Gasteiger partial charge is 0.285 e. The molecule has 0 saturated heterocycles. The Morgan fingerprint density at radius 2 is 2.13 bits per heavy atom. The number of hydrogen-bond donors (Lipinski definition) is 0. The molecule has 0 heterocycles. The summed E-state index contributed by atoms with van der Waals surface area (Å²) in [7, 11) is 1.24. The van der Waals surface area contributed by atoms with Gasteiger partial charge in [-0.3, -0.25) is 14.9 Å². The Morgan fingerprint density at radius 3 is 2.53 bits per heavy atom. The van der Waals surface area contributed by atoms with Gasteiger partial charge in [-0.25, -0.2) is 0 Å². The highest BCUT2D eigenvalue weighted by Gasteiger charge is 2.25. The first-order chi connectivity index (χ1) is 6.99. The van der Waals surface area contributed by atoms with E-state index in [9.17, 15) is 14.9 Å². The summed E-state index contributed by atoms with van der Waals surface area (Å²) in [6, 6.07) is 2.36. The molecule has 1 aromatic carbocycles. The first kappa shape index (κ1) is 11.7. The van der Waals surface area contributed by atoms with Crippen molar-refractivity contribution in [3.05, 3.63) is 32.8 Å². The minimum absolute atomic E-state index is 0.0899. The van der Waals surface area contributed by atoms with Crippen LogP contribution in [0, 0.1) is 10.1 Å². The van der Waals surface area contributed by atoms with Gasteiger partial charge in [0.15, 0.2) is 11.3 Å². The van der Waals surface area contributed by atoms with Crippen molar-refractivity contribution in [3.63, 3.8) is 0 Å². The van der Waals surface area contributed by atoms with Gasteiger partial charge in [-0.05, 0) is 17.7 Å². The fourth-order valence-corrected chi connectivity index (χ4v) is 1.51. The fraction of sp³-hybridized carbons (Fsp3) is 0.125. The highest BCUT2D eigenvalue weighted by atomic mass is 35.5. The molecule has 0 amide bonds. The highest BCUT2D eigenvalue weighted by Crippen LogP contribution is 2.35. The van der Waals surface area contributed by atoms with Gasteiger partial charge in [0.05, 0.1) is 17.1 Å². The van der Waals surface area contributed by atoms with E-state index in [0.29, 0.717) is 0 Å². The molecule has 0 aliphatic carbocycles. The number of nitro benzene ring substituents is 1. The van der Waals surface area contributed by atoms with Crippen LogP contribution in [0.2, 0.25) is 5.02 Å². The van der Waals surface area contributed by atoms with E-state index in [0.717, 1.165) is 6.07 Å². The normalized spacial score (nSPS) is 9.80. The number of hydrogen-bond acceptors (Lipinski definition) is 4. The number of carbonyl (C=O) groups excluding carboxylic acids is 1. The molecule has 0 saturated carbocycles. The average Bonchev–Trinajstić information content (AvgIpc) is 2.16. The summed E-state index contributed by atoms with van der Waals surface area (Å²) < 4.78 is 4.79. The molecule has 0 aliphatic rings. The van der Waals surface area contributed by atoms with Gasteiger partial charge in [0.1, 0.15) is 0 Å². The zero-order valence-corrected chi connectivity index (χ0v) is 9.00. The van der Waals surface area contributed by atoms with Gasteiger partial charge in [-0.1, -0.05) is 11.6 Å². The lowest BCUT2D eigenvalue weighted by molar-refractivity contribution is -0.385. The molecule has 0 N–H and O–H groups in total. The van der Waals surface area contributed by atoms with Gasteiger partial charge < -0.3 is 4.74 Å². The third kappa shape index (κ3) is 2.19. The standard InChI is InChI=1S/C8H5Cl2NO4/c1-15-7-4(9)2-3-5(11(13)14)6(7)8(10)12/h2-3H,1H3. The topological polar surface area (TPSA) is 69.4 Å². The monoisotopic (exact) mass is 249 g/mol. The minimum Gasteiger partial charge on any atom is -0.494 e. The van der Waals surface area contributed by atoms with Gasteiger partial charge in [-0.2, -0.15) is 0 Å². The lowest BCUT2D eigenvalue weighted by atomic mass is 10.1. The molecule has 0 fully saturated rings. The summed E-state index contributed by atoms with van der Waals surface area (Å²) in [6.45, 7) is 0. The van der Waals surface area contributed by atoms with Crippen molar-refractivity contribution in [2.24, 2.45) is 0 Å². The Hall–Kier alpha value is -1.33. The zero-order valence-electron chi connectivity index (χ0n) is 7.49. The summed E-state index contributed by atoms with van der Waals surface area (Å²) in [5, 5.41) is 9.71. The lowest BCUT2D eigenvalue weighted by Crippen LogP contribution is -2.02. The predicted octanol–water partition coefficient (Wildman–Crippen LogP) is 2.64. The Bertz CT molecular complexity index is 433. The molecule has 80 valence electrons. The van der Waals surface area contributed by atoms with E-state index in [2.05, 4.69) is 0 Å². The van der Waals surface area contributed by atoms with Crippen molar-refractivity contribution >= 4 is 34.1 Å². The maximum absolute atomic E-state index is 11.0. The third-order valence-corrected chi connectivity index (χ3v) is 2.17. The Labute approximate surface area is 94.7 Å². The summed E-state index contributed by atoms with van der Waals surface area (Å²) in [6.07, 6.45) is 0. The number of carbonyl (C=O) groups is 1. The molecule has 0 unspecified atom stereocenters. The molecule has 0 spiro atoms. The maximum atomic E-state index is 11.0. The second-order valence-electron chi connectivity index (χ2n) is 2.51. The summed E-state index contributed by atoms with van der Waals surface area (Å²) in [4.78, 5) is 20.9. The molecule has 0 radical (unpaired) electrons. The van der Waals surface area contributed by atoms with E-state index in [1.54, 1.807) is 0 Å². The second kappa shape index (κ2) is 4.46. The average molecular weight is 250 g/mol. The number of halogens is 2.